The van der Waals surface area contributed by atoms with Crippen molar-refractivity contribution >= 4 is 23.3 Å². The van der Waals surface area contributed by atoms with Gasteiger partial charge in [0.15, 0.2) is 0 Å². The van der Waals surface area contributed by atoms with E-state index >= 15 is 0 Å². The van der Waals surface area contributed by atoms with Crippen molar-refractivity contribution in [3.63, 3.8) is 0 Å². The van der Waals surface area contributed by atoms with Crippen molar-refractivity contribution in [2.24, 2.45) is 0 Å². The molecular formula is C20H25N3O4S. The van der Waals surface area contributed by atoms with Crippen molar-refractivity contribution < 1.29 is 19.1 Å². The van der Waals surface area contributed by atoms with Gasteiger partial charge in [-0.2, -0.15) is 0 Å². The molecule has 1 fully saturated rings. The van der Waals surface area contributed by atoms with Gasteiger partial charge in [0.2, 0.25) is 0 Å². The average Bonchev–Trinajstić information content (AvgIpc) is 3.13. The second kappa shape index (κ2) is 9.54. The third-order valence-electron chi connectivity index (χ3n) is 4.50. The average molecular weight is 404 g/mol. The second-order valence-corrected chi connectivity index (χ2v) is 7.57. The highest BCUT2D eigenvalue weighted by atomic mass is 32.1. The Morgan fingerprint density at radius 2 is 1.96 bits per heavy atom. The molecule has 2 heterocycles. The summed E-state index contributed by atoms with van der Waals surface area (Å²) in [5.74, 6) is 0.587. The summed E-state index contributed by atoms with van der Waals surface area (Å²) < 4.78 is 10.7. The molecule has 0 unspecified atom stereocenters. The van der Waals surface area contributed by atoms with Crippen molar-refractivity contribution in [2.75, 3.05) is 19.7 Å². The second-order valence-electron chi connectivity index (χ2n) is 6.63. The first-order valence-electron chi connectivity index (χ1n) is 9.41. The smallest absolute Gasteiger partial charge is 0.409 e. The number of hydrogen-bond donors (Lipinski definition) is 1. The number of carbonyl (C=O) groups is 2. The van der Waals surface area contributed by atoms with Crippen LogP contribution in [0.5, 0.6) is 5.75 Å². The van der Waals surface area contributed by atoms with Gasteiger partial charge in [-0.25, -0.2) is 9.78 Å². The van der Waals surface area contributed by atoms with Crippen molar-refractivity contribution in [3.05, 3.63) is 45.9 Å². The van der Waals surface area contributed by atoms with Crippen molar-refractivity contribution in [1.29, 1.82) is 0 Å². The first-order valence-corrected chi connectivity index (χ1v) is 10.3. The highest BCUT2D eigenvalue weighted by Crippen LogP contribution is 2.17. The highest BCUT2D eigenvalue weighted by molar-refractivity contribution is 7.09. The molecule has 7 nitrogen and oxygen atoms in total. The number of likely N-dealkylation sites (tertiary alicyclic amines) is 1. The van der Waals surface area contributed by atoms with E-state index in [0.717, 1.165) is 23.5 Å². The van der Waals surface area contributed by atoms with Crippen molar-refractivity contribution in [2.45, 2.75) is 39.3 Å². The molecule has 1 aromatic carbocycles. The Labute approximate surface area is 168 Å². The van der Waals surface area contributed by atoms with Crippen LogP contribution in [0.2, 0.25) is 0 Å². The van der Waals surface area contributed by atoms with Gasteiger partial charge in [-0.1, -0.05) is 0 Å². The largest absolute Gasteiger partial charge is 0.486 e. The number of piperidine rings is 1. The molecule has 1 N–H and O–H groups in total. The summed E-state index contributed by atoms with van der Waals surface area (Å²) in [7, 11) is 0. The van der Waals surface area contributed by atoms with Crippen LogP contribution >= 0.6 is 11.3 Å². The van der Waals surface area contributed by atoms with Gasteiger partial charge in [0.25, 0.3) is 5.91 Å². The number of benzene rings is 1. The van der Waals surface area contributed by atoms with Crippen LogP contribution in [0.3, 0.4) is 0 Å². The number of rotatable bonds is 6. The Morgan fingerprint density at radius 1 is 1.25 bits per heavy atom. The van der Waals surface area contributed by atoms with Crippen LogP contribution in [0.15, 0.2) is 29.6 Å². The quantitative estimate of drug-likeness (QED) is 0.800. The van der Waals surface area contributed by atoms with E-state index in [4.69, 9.17) is 9.47 Å². The molecule has 2 aromatic rings. The molecule has 1 aliphatic rings. The summed E-state index contributed by atoms with van der Waals surface area (Å²) in [4.78, 5) is 30.2. The first-order chi connectivity index (χ1) is 13.5. The molecule has 3 rings (SSSR count). The molecule has 0 aliphatic carbocycles. The van der Waals surface area contributed by atoms with E-state index in [1.54, 1.807) is 47.4 Å². The lowest BCUT2D eigenvalue weighted by molar-refractivity contribution is 0.0860. The summed E-state index contributed by atoms with van der Waals surface area (Å²) in [5, 5.41) is 5.95. The maximum atomic E-state index is 12.5. The zero-order valence-corrected chi connectivity index (χ0v) is 17.0. The van der Waals surface area contributed by atoms with Gasteiger partial charge in [-0.05, 0) is 51.0 Å². The summed E-state index contributed by atoms with van der Waals surface area (Å²) in [5.41, 5.74) is 1.58. The summed E-state index contributed by atoms with van der Waals surface area (Å²) >= 11 is 1.57. The molecule has 28 heavy (non-hydrogen) atoms. The Hall–Kier alpha value is -2.61. The normalized spacial score (nSPS) is 14.6. The van der Waals surface area contributed by atoms with Crippen LogP contribution in [-0.4, -0.2) is 47.6 Å². The minimum Gasteiger partial charge on any atom is -0.486 e. The molecule has 2 amide bonds. The van der Waals surface area contributed by atoms with Crippen LogP contribution in [0.25, 0.3) is 0 Å². The van der Waals surface area contributed by atoms with E-state index in [2.05, 4.69) is 10.3 Å². The van der Waals surface area contributed by atoms with Gasteiger partial charge in [0, 0.05) is 35.8 Å². The number of hydrogen-bond acceptors (Lipinski definition) is 6. The van der Waals surface area contributed by atoms with Crippen molar-refractivity contribution in [1.82, 2.24) is 15.2 Å². The molecule has 0 bridgehead atoms. The lowest BCUT2D eigenvalue weighted by Crippen LogP contribution is -2.46. The van der Waals surface area contributed by atoms with Crippen LogP contribution < -0.4 is 10.1 Å². The molecular weight excluding hydrogens is 378 g/mol. The van der Waals surface area contributed by atoms with E-state index < -0.39 is 0 Å². The lowest BCUT2D eigenvalue weighted by atomic mass is 10.0. The first kappa shape index (κ1) is 20.1. The number of aromatic nitrogens is 1. The summed E-state index contributed by atoms with van der Waals surface area (Å²) in [6, 6.07) is 7.15. The predicted octanol–water partition coefficient (Wildman–Crippen LogP) is 3.38. The SMILES string of the molecule is CCOC(=O)N1CCC(NC(=O)c2ccc(OCc3nc(C)cs3)cc2)CC1. The highest BCUT2D eigenvalue weighted by Gasteiger charge is 2.24. The summed E-state index contributed by atoms with van der Waals surface area (Å²) in [6.45, 7) is 5.72. The van der Waals surface area contributed by atoms with Crippen LogP contribution in [0.4, 0.5) is 4.79 Å². The maximum absolute atomic E-state index is 12.5. The van der Waals surface area contributed by atoms with Gasteiger partial charge >= 0.3 is 6.09 Å². The minimum atomic E-state index is -0.282. The zero-order chi connectivity index (χ0) is 19.9. The fourth-order valence-corrected chi connectivity index (χ4v) is 3.69. The topological polar surface area (TPSA) is 80.8 Å². The monoisotopic (exact) mass is 403 g/mol. The molecule has 1 aromatic heterocycles. The Bertz CT molecular complexity index is 798. The molecule has 8 heteroatoms. The molecule has 150 valence electrons. The molecule has 0 saturated carbocycles. The Kier molecular flexibility index (Phi) is 6.86. The zero-order valence-electron chi connectivity index (χ0n) is 16.1. The third kappa shape index (κ3) is 5.45. The number of aryl methyl sites for hydroxylation is 1. The predicted molar refractivity (Wildman–Crippen MR) is 107 cm³/mol. The van der Waals surface area contributed by atoms with Crippen LogP contribution in [-0.2, 0) is 11.3 Å². The van der Waals surface area contributed by atoms with E-state index in [1.165, 1.54) is 0 Å². The number of amides is 2. The number of nitrogens with one attached hydrogen (secondary N) is 1. The molecule has 1 aliphatic heterocycles. The van der Waals surface area contributed by atoms with Crippen molar-refractivity contribution in [3.8, 4) is 5.75 Å². The number of carbonyl (C=O) groups excluding carboxylic acids is 2. The van der Waals surface area contributed by atoms with E-state index in [1.807, 2.05) is 12.3 Å². The van der Waals surface area contributed by atoms with Gasteiger partial charge in [0.05, 0.1) is 6.61 Å². The maximum Gasteiger partial charge on any atom is 0.409 e. The number of nitrogens with zero attached hydrogens (tertiary/aromatic N) is 2. The number of ether oxygens (including phenoxy) is 2. The fourth-order valence-electron chi connectivity index (χ4n) is 3.01. The molecule has 0 radical (unpaired) electrons. The Morgan fingerprint density at radius 3 is 2.57 bits per heavy atom. The Balaban J connectivity index is 1.45. The molecule has 0 spiro atoms. The van der Waals surface area contributed by atoms with Crippen LogP contribution in [0, 0.1) is 6.92 Å². The molecule has 1 saturated heterocycles. The third-order valence-corrected chi connectivity index (χ3v) is 5.44. The van der Waals surface area contributed by atoms with Gasteiger partial charge in [-0.3, -0.25) is 4.79 Å². The molecule has 0 atom stereocenters. The standard InChI is InChI=1S/C20H25N3O4S/c1-3-26-20(25)23-10-8-16(9-11-23)22-19(24)15-4-6-17(7-5-15)27-12-18-21-14(2)13-28-18/h4-7,13,16H,3,8-12H2,1-2H3,(H,22,24). The van der Waals surface area contributed by atoms with Gasteiger partial charge in [-0.15, -0.1) is 11.3 Å². The van der Waals surface area contributed by atoms with Gasteiger partial charge in [0.1, 0.15) is 17.4 Å². The minimum absolute atomic E-state index is 0.0576. The van der Waals surface area contributed by atoms with Crippen LogP contribution in [0.1, 0.15) is 40.8 Å². The van der Waals surface area contributed by atoms with E-state index in [-0.39, 0.29) is 18.0 Å². The van der Waals surface area contributed by atoms with E-state index in [9.17, 15) is 9.59 Å². The summed E-state index contributed by atoms with van der Waals surface area (Å²) in [6.07, 6.45) is 1.16. The van der Waals surface area contributed by atoms with Gasteiger partial charge < -0.3 is 19.7 Å². The fraction of sp³-hybridized carbons (Fsp3) is 0.450. The van der Waals surface area contributed by atoms with E-state index in [0.29, 0.717) is 37.6 Å². The lowest BCUT2D eigenvalue weighted by Gasteiger charge is -2.31. The number of thiazole rings is 1.